The Hall–Kier alpha value is -1.84. The third-order valence-corrected chi connectivity index (χ3v) is 3.74. The Labute approximate surface area is 112 Å². The third kappa shape index (κ3) is 3.13. The summed E-state index contributed by atoms with van der Waals surface area (Å²) in [5.74, 6) is -0.995. The first kappa shape index (κ1) is 13.6. The lowest BCUT2D eigenvalue weighted by molar-refractivity contribution is -0.141. The molecule has 4 nitrogen and oxygen atoms in total. The van der Waals surface area contributed by atoms with Crippen molar-refractivity contribution in [2.45, 2.75) is 45.1 Å². The van der Waals surface area contributed by atoms with E-state index in [1.54, 1.807) is 0 Å². The van der Waals surface area contributed by atoms with Crippen molar-refractivity contribution >= 4 is 11.9 Å². The number of benzene rings is 1. The summed E-state index contributed by atoms with van der Waals surface area (Å²) in [6.45, 7) is 4.08. The van der Waals surface area contributed by atoms with Crippen LogP contribution in [0, 0.1) is 13.8 Å². The van der Waals surface area contributed by atoms with Gasteiger partial charge in [0.1, 0.15) is 6.04 Å². The van der Waals surface area contributed by atoms with Crippen LogP contribution in [-0.4, -0.2) is 23.0 Å². The van der Waals surface area contributed by atoms with Crippen LogP contribution in [0.1, 0.15) is 41.9 Å². The van der Waals surface area contributed by atoms with Crippen LogP contribution in [0.3, 0.4) is 0 Å². The average Bonchev–Trinajstić information content (AvgIpc) is 2.51. The van der Waals surface area contributed by atoms with Crippen molar-refractivity contribution in [1.82, 2.24) is 5.32 Å². The van der Waals surface area contributed by atoms with Gasteiger partial charge in [0.25, 0.3) is 0 Å². The normalized spacial score (nSPS) is 23.6. The summed E-state index contributed by atoms with van der Waals surface area (Å²) in [5, 5.41) is 11.7. The molecule has 0 bridgehead atoms. The minimum Gasteiger partial charge on any atom is -0.480 e. The molecule has 0 radical (unpaired) electrons. The van der Waals surface area contributed by atoms with E-state index in [0.29, 0.717) is 19.3 Å². The van der Waals surface area contributed by atoms with Crippen molar-refractivity contribution in [2.75, 3.05) is 0 Å². The fourth-order valence-corrected chi connectivity index (χ4v) is 2.76. The smallest absolute Gasteiger partial charge is 0.326 e. The van der Waals surface area contributed by atoms with E-state index in [1.807, 2.05) is 19.9 Å². The number of carbonyl (C=O) groups excluding carboxylic acids is 1. The van der Waals surface area contributed by atoms with Gasteiger partial charge in [-0.25, -0.2) is 4.79 Å². The molecule has 1 amide bonds. The molecule has 1 aliphatic heterocycles. The summed E-state index contributed by atoms with van der Waals surface area (Å²) in [6, 6.07) is 5.42. The number of carbonyl (C=O) groups is 2. The molecule has 102 valence electrons. The molecule has 2 rings (SSSR count). The molecule has 1 fully saturated rings. The first-order valence-corrected chi connectivity index (χ1v) is 6.56. The van der Waals surface area contributed by atoms with Gasteiger partial charge >= 0.3 is 5.97 Å². The lowest BCUT2D eigenvalue weighted by Crippen LogP contribution is -2.39. The Morgan fingerprint density at radius 2 is 2.11 bits per heavy atom. The summed E-state index contributed by atoms with van der Waals surface area (Å²) in [7, 11) is 0. The third-order valence-electron chi connectivity index (χ3n) is 3.74. The second-order valence-electron chi connectivity index (χ2n) is 5.29. The van der Waals surface area contributed by atoms with Gasteiger partial charge in [-0.15, -0.1) is 0 Å². The van der Waals surface area contributed by atoms with Gasteiger partial charge in [0.05, 0.1) is 0 Å². The second-order valence-corrected chi connectivity index (χ2v) is 5.29. The molecule has 1 aromatic carbocycles. The van der Waals surface area contributed by atoms with Crippen LogP contribution in [0.5, 0.6) is 0 Å². The van der Waals surface area contributed by atoms with E-state index >= 15 is 0 Å². The van der Waals surface area contributed by atoms with Gasteiger partial charge in [-0.2, -0.15) is 0 Å². The Morgan fingerprint density at radius 1 is 1.37 bits per heavy atom. The van der Waals surface area contributed by atoms with E-state index in [-0.39, 0.29) is 11.8 Å². The zero-order valence-corrected chi connectivity index (χ0v) is 11.3. The van der Waals surface area contributed by atoms with Crippen molar-refractivity contribution in [1.29, 1.82) is 0 Å². The molecule has 2 atom stereocenters. The van der Waals surface area contributed by atoms with Crippen molar-refractivity contribution in [3.05, 3.63) is 34.9 Å². The average molecular weight is 261 g/mol. The van der Waals surface area contributed by atoms with Crippen LogP contribution in [0.15, 0.2) is 18.2 Å². The van der Waals surface area contributed by atoms with E-state index in [9.17, 15) is 9.59 Å². The molecule has 0 spiro atoms. The van der Waals surface area contributed by atoms with Crippen LogP contribution < -0.4 is 5.32 Å². The molecule has 19 heavy (non-hydrogen) atoms. The van der Waals surface area contributed by atoms with Gasteiger partial charge in [-0.3, -0.25) is 4.79 Å². The first-order valence-electron chi connectivity index (χ1n) is 6.56. The van der Waals surface area contributed by atoms with E-state index in [4.69, 9.17) is 5.11 Å². The number of aryl methyl sites for hydroxylation is 2. The standard InChI is InChI=1S/C15H19NO3/c1-9-3-5-12(10(2)7-9)11-4-6-14(17)16-13(8-11)15(18)19/h3,5,7,11,13H,4,6,8H2,1-2H3,(H,16,17)(H,18,19). The van der Waals surface area contributed by atoms with Crippen LogP contribution in [0.25, 0.3) is 0 Å². The maximum atomic E-state index is 11.5. The zero-order chi connectivity index (χ0) is 14.0. The number of carboxylic acid groups (broad SMARTS) is 1. The maximum Gasteiger partial charge on any atom is 0.326 e. The van der Waals surface area contributed by atoms with Gasteiger partial charge in [0.15, 0.2) is 0 Å². The summed E-state index contributed by atoms with van der Waals surface area (Å²) in [6.07, 6.45) is 1.56. The van der Waals surface area contributed by atoms with Crippen molar-refractivity contribution < 1.29 is 14.7 Å². The molecule has 1 saturated heterocycles. The van der Waals surface area contributed by atoms with E-state index < -0.39 is 12.0 Å². The largest absolute Gasteiger partial charge is 0.480 e. The number of rotatable bonds is 2. The first-order chi connectivity index (χ1) is 8.97. The van der Waals surface area contributed by atoms with Crippen LogP contribution in [0.2, 0.25) is 0 Å². The highest BCUT2D eigenvalue weighted by atomic mass is 16.4. The Balaban J connectivity index is 2.27. The topological polar surface area (TPSA) is 66.4 Å². The number of amides is 1. The minimum absolute atomic E-state index is 0.126. The van der Waals surface area contributed by atoms with Crippen molar-refractivity contribution in [3.63, 3.8) is 0 Å². The lowest BCUT2D eigenvalue weighted by Gasteiger charge is -2.19. The van der Waals surface area contributed by atoms with E-state index in [2.05, 4.69) is 17.4 Å². The molecule has 1 heterocycles. The number of hydrogen-bond acceptors (Lipinski definition) is 2. The molecule has 0 saturated carbocycles. The molecule has 0 aromatic heterocycles. The zero-order valence-electron chi connectivity index (χ0n) is 11.3. The molecule has 4 heteroatoms. The maximum absolute atomic E-state index is 11.5. The Morgan fingerprint density at radius 3 is 2.74 bits per heavy atom. The lowest BCUT2D eigenvalue weighted by atomic mass is 9.86. The van der Waals surface area contributed by atoms with Crippen LogP contribution in [-0.2, 0) is 9.59 Å². The predicted molar refractivity (Wildman–Crippen MR) is 72.1 cm³/mol. The van der Waals surface area contributed by atoms with Crippen LogP contribution >= 0.6 is 0 Å². The minimum atomic E-state index is -0.954. The van der Waals surface area contributed by atoms with Gasteiger partial charge < -0.3 is 10.4 Å². The number of hydrogen-bond donors (Lipinski definition) is 2. The number of nitrogens with one attached hydrogen (secondary N) is 1. The highest BCUT2D eigenvalue weighted by Crippen LogP contribution is 2.31. The molecule has 2 N–H and O–H groups in total. The quantitative estimate of drug-likeness (QED) is 0.857. The molecular weight excluding hydrogens is 242 g/mol. The van der Waals surface area contributed by atoms with Gasteiger partial charge in [0.2, 0.25) is 5.91 Å². The van der Waals surface area contributed by atoms with Crippen molar-refractivity contribution in [3.8, 4) is 0 Å². The van der Waals surface area contributed by atoms with Gasteiger partial charge in [0, 0.05) is 6.42 Å². The van der Waals surface area contributed by atoms with Crippen molar-refractivity contribution in [2.24, 2.45) is 0 Å². The SMILES string of the molecule is Cc1ccc(C2CCC(=O)NC(C(=O)O)C2)c(C)c1. The number of aliphatic carboxylic acids is 1. The summed E-state index contributed by atoms with van der Waals surface area (Å²) < 4.78 is 0. The summed E-state index contributed by atoms with van der Waals surface area (Å²) >= 11 is 0. The predicted octanol–water partition coefficient (Wildman–Crippen LogP) is 2.14. The fraction of sp³-hybridized carbons (Fsp3) is 0.467. The summed E-state index contributed by atoms with van der Waals surface area (Å²) in [5.41, 5.74) is 3.52. The Bertz CT molecular complexity index is 510. The molecule has 0 aliphatic carbocycles. The highest BCUT2D eigenvalue weighted by molar-refractivity contribution is 5.84. The molecule has 1 aliphatic rings. The van der Waals surface area contributed by atoms with Gasteiger partial charge in [-0.05, 0) is 43.7 Å². The monoisotopic (exact) mass is 261 g/mol. The Kier molecular flexibility index (Phi) is 3.88. The van der Waals surface area contributed by atoms with Crippen LogP contribution in [0.4, 0.5) is 0 Å². The molecular formula is C15H19NO3. The summed E-state index contributed by atoms with van der Waals surface area (Å²) in [4.78, 5) is 22.7. The molecule has 1 aromatic rings. The van der Waals surface area contributed by atoms with Gasteiger partial charge in [-0.1, -0.05) is 23.8 Å². The van der Waals surface area contributed by atoms with E-state index in [0.717, 1.165) is 5.56 Å². The highest BCUT2D eigenvalue weighted by Gasteiger charge is 2.29. The number of carboxylic acids is 1. The van der Waals surface area contributed by atoms with E-state index in [1.165, 1.54) is 11.1 Å². The molecule has 2 unspecified atom stereocenters. The second kappa shape index (κ2) is 5.43. The fourth-order valence-electron chi connectivity index (χ4n) is 2.76.